The van der Waals surface area contributed by atoms with Crippen LogP contribution in [0.5, 0.6) is 0 Å². The number of rotatable bonds is 5. The lowest BCUT2D eigenvalue weighted by atomic mass is 9.96. The second-order valence-corrected chi connectivity index (χ2v) is 7.11. The number of aliphatic carboxylic acids is 1. The summed E-state index contributed by atoms with van der Waals surface area (Å²) in [6.45, 7) is 4.37. The van der Waals surface area contributed by atoms with E-state index in [0.29, 0.717) is 12.0 Å². The van der Waals surface area contributed by atoms with Gasteiger partial charge in [-0.25, -0.2) is 4.98 Å². The van der Waals surface area contributed by atoms with Crippen LogP contribution in [0.25, 0.3) is 0 Å². The van der Waals surface area contributed by atoms with Gasteiger partial charge in [-0.15, -0.1) is 0 Å². The molecule has 0 atom stereocenters. The Morgan fingerprint density at radius 3 is 2.52 bits per heavy atom. The third-order valence-electron chi connectivity index (χ3n) is 4.15. The van der Waals surface area contributed by atoms with Gasteiger partial charge in [-0.3, -0.25) is 4.79 Å². The highest BCUT2D eigenvalue weighted by Gasteiger charge is 2.22. The minimum Gasteiger partial charge on any atom is -0.481 e. The molecule has 0 aromatic carbocycles. The molecular weight excluding hydrogens is 284 g/mol. The van der Waals surface area contributed by atoms with Crippen molar-refractivity contribution < 1.29 is 9.90 Å². The van der Waals surface area contributed by atoms with Crippen LogP contribution >= 0.6 is 11.8 Å². The Balaban J connectivity index is 2.23. The highest BCUT2D eigenvalue weighted by molar-refractivity contribution is 7.99. The fraction of sp³-hybridized carbons (Fsp3) is 0.750. The van der Waals surface area contributed by atoms with Crippen molar-refractivity contribution in [2.24, 2.45) is 0 Å². The van der Waals surface area contributed by atoms with E-state index in [1.54, 1.807) is 0 Å². The lowest BCUT2D eigenvalue weighted by Gasteiger charge is -2.26. The molecule has 1 aromatic heterocycles. The zero-order chi connectivity index (χ0) is 15.2. The van der Waals surface area contributed by atoms with Crippen molar-refractivity contribution in [3.63, 3.8) is 0 Å². The number of hydrogen-bond donors (Lipinski definition) is 1. The van der Waals surface area contributed by atoms with Crippen molar-refractivity contribution in [1.29, 1.82) is 0 Å². The van der Waals surface area contributed by atoms with Crippen molar-refractivity contribution in [3.05, 3.63) is 11.9 Å². The summed E-state index contributed by atoms with van der Waals surface area (Å²) in [6.07, 6.45) is 10.8. The average molecular weight is 310 g/mol. The van der Waals surface area contributed by atoms with Gasteiger partial charge in [0.25, 0.3) is 0 Å². The van der Waals surface area contributed by atoms with Gasteiger partial charge in [-0.05, 0) is 18.8 Å². The molecule has 0 spiro atoms. The molecule has 1 aliphatic carbocycles. The number of aromatic nitrogens is 2. The lowest BCUT2D eigenvalue weighted by molar-refractivity contribution is -0.133. The standard InChI is InChI=1S/C16H26N2O2S/c1-12(2)14-10-17-16(21-11-15(19)20)18(14)13-8-6-4-3-5-7-9-13/h10,12-13H,3-9,11H2,1-2H3,(H,19,20). The molecule has 1 saturated carbocycles. The van der Waals surface area contributed by atoms with E-state index in [9.17, 15) is 4.79 Å². The number of imidazole rings is 1. The van der Waals surface area contributed by atoms with Crippen LogP contribution in [-0.4, -0.2) is 26.4 Å². The maximum Gasteiger partial charge on any atom is 0.313 e. The molecular formula is C16H26N2O2S. The summed E-state index contributed by atoms with van der Waals surface area (Å²) in [5.41, 5.74) is 1.24. The summed E-state index contributed by atoms with van der Waals surface area (Å²) >= 11 is 1.35. The van der Waals surface area contributed by atoms with E-state index in [0.717, 1.165) is 5.16 Å². The maximum atomic E-state index is 10.8. The Kier molecular flexibility index (Phi) is 6.15. The van der Waals surface area contributed by atoms with Crippen LogP contribution in [0.4, 0.5) is 0 Å². The van der Waals surface area contributed by atoms with Gasteiger partial charge in [0.05, 0.1) is 5.75 Å². The van der Waals surface area contributed by atoms with E-state index >= 15 is 0 Å². The normalized spacial score (nSPS) is 17.7. The molecule has 0 bridgehead atoms. The number of carbonyl (C=O) groups is 1. The van der Waals surface area contributed by atoms with Crippen LogP contribution in [-0.2, 0) is 4.79 Å². The van der Waals surface area contributed by atoms with Crippen molar-refractivity contribution in [2.45, 2.75) is 75.9 Å². The predicted molar refractivity (Wildman–Crippen MR) is 86.0 cm³/mol. The Morgan fingerprint density at radius 2 is 1.95 bits per heavy atom. The van der Waals surface area contributed by atoms with Gasteiger partial charge < -0.3 is 9.67 Å². The highest BCUT2D eigenvalue weighted by atomic mass is 32.2. The maximum absolute atomic E-state index is 10.8. The minimum atomic E-state index is -0.779. The number of thioether (sulfide) groups is 1. The molecule has 118 valence electrons. The van der Waals surface area contributed by atoms with Gasteiger partial charge in [0, 0.05) is 17.9 Å². The van der Waals surface area contributed by atoms with Crippen molar-refractivity contribution in [1.82, 2.24) is 9.55 Å². The van der Waals surface area contributed by atoms with Crippen LogP contribution < -0.4 is 0 Å². The molecule has 0 amide bonds. The minimum absolute atomic E-state index is 0.0846. The van der Waals surface area contributed by atoms with Crippen LogP contribution in [0.2, 0.25) is 0 Å². The van der Waals surface area contributed by atoms with Crippen molar-refractivity contribution >= 4 is 17.7 Å². The van der Waals surface area contributed by atoms with Crippen LogP contribution in [0, 0.1) is 0 Å². The summed E-state index contributed by atoms with van der Waals surface area (Å²) in [5.74, 6) is -0.276. The van der Waals surface area contributed by atoms with Crippen LogP contribution in [0.15, 0.2) is 11.4 Å². The molecule has 1 N–H and O–H groups in total. The van der Waals surface area contributed by atoms with Gasteiger partial charge in [-0.2, -0.15) is 0 Å². The van der Waals surface area contributed by atoms with E-state index in [1.165, 1.54) is 62.4 Å². The van der Waals surface area contributed by atoms with Crippen LogP contribution in [0.1, 0.15) is 76.4 Å². The molecule has 0 aliphatic heterocycles. The van der Waals surface area contributed by atoms with E-state index in [1.807, 2.05) is 6.20 Å². The predicted octanol–water partition coefficient (Wildman–Crippen LogP) is 4.47. The SMILES string of the molecule is CC(C)c1cnc(SCC(=O)O)n1C1CCCCCCC1. The van der Waals surface area contributed by atoms with Crippen molar-refractivity contribution in [2.75, 3.05) is 5.75 Å². The van der Waals surface area contributed by atoms with Crippen LogP contribution in [0.3, 0.4) is 0 Å². The first-order valence-corrected chi connectivity index (χ1v) is 9.00. The van der Waals surface area contributed by atoms with Gasteiger partial charge >= 0.3 is 5.97 Å². The number of nitrogens with zero attached hydrogens (tertiary/aromatic N) is 2. The second-order valence-electron chi connectivity index (χ2n) is 6.17. The zero-order valence-electron chi connectivity index (χ0n) is 13.0. The highest BCUT2D eigenvalue weighted by Crippen LogP contribution is 2.34. The fourth-order valence-corrected chi connectivity index (χ4v) is 3.85. The Hall–Kier alpha value is -0.970. The first kappa shape index (κ1) is 16.4. The van der Waals surface area contributed by atoms with E-state index in [-0.39, 0.29) is 5.75 Å². The quantitative estimate of drug-likeness (QED) is 0.815. The largest absolute Gasteiger partial charge is 0.481 e. The van der Waals surface area contributed by atoms with E-state index in [2.05, 4.69) is 23.4 Å². The van der Waals surface area contributed by atoms with Gasteiger partial charge in [0.1, 0.15) is 0 Å². The molecule has 0 saturated heterocycles. The topological polar surface area (TPSA) is 55.1 Å². The summed E-state index contributed by atoms with van der Waals surface area (Å²) in [7, 11) is 0. The molecule has 1 fully saturated rings. The Bertz CT molecular complexity index is 463. The monoisotopic (exact) mass is 310 g/mol. The molecule has 1 aromatic rings. The molecule has 1 aliphatic rings. The van der Waals surface area contributed by atoms with Gasteiger partial charge in [0.15, 0.2) is 5.16 Å². The number of carboxylic acids is 1. The third kappa shape index (κ3) is 4.50. The van der Waals surface area contributed by atoms with Gasteiger partial charge in [-0.1, -0.05) is 57.7 Å². The Labute approximate surface area is 131 Å². The molecule has 5 heteroatoms. The summed E-state index contributed by atoms with van der Waals surface area (Å²) in [6, 6.07) is 0.487. The lowest BCUT2D eigenvalue weighted by Crippen LogP contribution is -2.16. The average Bonchev–Trinajstić information content (AvgIpc) is 2.80. The number of carboxylic acid groups (broad SMARTS) is 1. The zero-order valence-corrected chi connectivity index (χ0v) is 13.9. The first-order chi connectivity index (χ1) is 10.1. The summed E-state index contributed by atoms with van der Waals surface area (Å²) in [5, 5.41) is 9.80. The number of hydrogen-bond acceptors (Lipinski definition) is 3. The van der Waals surface area contributed by atoms with E-state index in [4.69, 9.17) is 5.11 Å². The molecule has 21 heavy (non-hydrogen) atoms. The molecule has 0 radical (unpaired) electrons. The fourth-order valence-electron chi connectivity index (χ4n) is 3.08. The smallest absolute Gasteiger partial charge is 0.313 e. The molecule has 0 unspecified atom stereocenters. The first-order valence-electron chi connectivity index (χ1n) is 8.01. The molecule has 1 heterocycles. The van der Waals surface area contributed by atoms with Gasteiger partial charge in [0.2, 0.25) is 0 Å². The summed E-state index contributed by atoms with van der Waals surface area (Å²) < 4.78 is 2.34. The van der Waals surface area contributed by atoms with E-state index < -0.39 is 5.97 Å². The van der Waals surface area contributed by atoms with Crippen molar-refractivity contribution in [3.8, 4) is 0 Å². The Morgan fingerprint density at radius 1 is 1.33 bits per heavy atom. The third-order valence-corrected chi connectivity index (χ3v) is 5.10. The molecule has 2 rings (SSSR count). The summed E-state index contributed by atoms with van der Waals surface area (Å²) in [4.78, 5) is 15.3. The molecule has 4 nitrogen and oxygen atoms in total. The second kappa shape index (κ2) is 7.87.